The quantitative estimate of drug-likeness (QED) is 0.770. The van der Waals surface area contributed by atoms with Crippen molar-refractivity contribution in [2.45, 2.75) is 38.1 Å². The maximum Gasteiger partial charge on any atom is 0.226 e. The highest BCUT2D eigenvalue weighted by molar-refractivity contribution is 5.87. The summed E-state index contributed by atoms with van der Waals surface area (Å²) in [7, 11) is 1.82. The third-order valence-corrected chi connectivity index (χ3v) is 3.90. The number of nitrogens with one attached hydrogen (secondary N) is 3. The summed E-state index contributed by atoms with van der Waals surface area (Å²) in [4.78, 5) is 8.85. The van der Waals surface area contributed by atoms with Crippen molar-refractivity contribution in [1.29, 1.82) is 0 Å². The van der Waals surface area contributed by atoms with Gasteiger partial charge in [0.05, 0.1) is 11.6 Å². The van der Waals surface area contributed by atoms with E-state index in [0.717, 1.165) is 23.3 Å². The Labute approximate surface area is 106 Å². The first kappa shape index (κ1) is 11.3. The van der Waals surface area contributed by atoms with E-state index in [1.54, 1.807) is 6.20 Å². The van der Waals surface area contributed by atoms with E-state index < -0.39 is 0 Å². The van der Waals surface area contributed by atoms with Crippen LogP contribution < -0.4 is 10.6 Å². The lowest BCUT2D eigenvalue weighted by molar-refractivity contribution is 0.269. The van der Waals surface area contributed by atoms with E-state index in [-0.39, 0.29) is 5.54 Å². The molecular weight excluding hydrogens is 228 g/mol. The number of rotatable bonds is 4. The van der Waals surface area contributed by atoms with Crippen LogP contribution in [0.25, 0.3) is 11.0 Å². The molecule has 3 rings (SSSR count). The van der Waals surface area contributed by atoms with Crippen LogP contribution in [0.15, 0.2) is 6.20 Å². The molecule has 1 saturated carbocycles. The van der Waals surface area contributed by atoms with Gasteiger partial charge in [0.25, 0.3) is 0 Å². The summed E-state index contributed by atoms with van der Waals surface area (Å²) in [6.07, 6.45) is 6.60. The van der Waals surface area contributed by atoms with Gasteiger partial charge in [-0.15, -0.1) is 0 Å². The van der Waals surface area contributed by atoms with E-state index in [9.17, 15) is 0 Å². The molecule has 6 nitrogen and oxygen atoms in total. The molecule has 96 valence electrons. The number of hydrogen-bond acceptors (Lipinski definition) is 5. The fraction of sp³-hybridized carbons (Fsp3) is 0.583. The van der Waals surface area contributed by atoms with Crippen molar-refractivity contribution < 1.29 is 0 Å². The van der Waals surface area contributed by atoms with Gasteiger partial charge in [-0.3, -0.25) is 5.10 Å². The van der Waals surface area contributed by atoms with Crippen molar-refractivity contribution >= 4 is 22.8 Å². The lowest BCUT2D eigenvalue weighted by Crippen LogP contribution is -2.44. The van der Waals surface area contributed by atoms with Crippen LogP contribution in [0.5, 0.6) is 0 Å². The van der Waals surface area contributed by atoms with Gasteiger partial charge in [-0.05, 0) is 25.7 Å². The minimum atomic E-state index is 0.212. The minimum Gasteiger partial charge on any atom is -0.364 e. The summed E-state index contributed by atoms with van der Waals surface area (Å²) in [6.45, 7) is 2.22. The van der Waals surface area contributed by atoms with Crippen LogP contribution in [0.3, 0.4) is 0 Å². The third-order valence-electron chi connectivity index (χ3n) is 3.90. The Hall–Kier alpha value is -1.85. The van der Waals surface area contributed by atoms with Gasteiger partial charge in [-0.1, -0.05) is 6.92 Å². The molecule has 0 atom stereocenters. The van der Waals surface area contributed by atoms with Crippen molar-refractivity contribution in [2.24, 2.45) is 0 Å². The summed E-state index contributed by atoms with van der Waals surface area (Å²) in [5.74, 6) is 1.49. The molecule has 0 amide bonds. The SMILES string of the molecule is CCC1(Nc2nc(NC)nc3[nH]ncc23)CCC1. The molecule has 0 unspecified atom stereocenters. The molecule has 0 aromatic carbocycles. The molecule has 1 aliphatic carbocycles. The number of aromatic nitrogens is 4. The fourth-order valence-electron chi connectivity index (χ4n) is 2.46. The highest BCUT2D eigenvalue weighted by atomic mass is 15.2. The molecule has 2 aromatic rings. The van der Waals surface area contributed by atoms with Crippen LogP contribution >= 0.6 is 0 Å². The number of H-pyrrole nitrogens is 1. The first-order valence-electron chi connectivity index (χ1n) is 6.43. The summed E-state index contributed by atoms with van der Waals surface area (Å²) in [5, 5.41) is 14.5. The number of fused-ring (bicyclic) bond motifs is 1. The van der Waals surface area contributed by atoms with E-state index in [1.165, 1.54) is 19.3 Å². The second-order valence-corrected chi connectivity index (χ2v) is 4.89. The molecule has 0 spiro atoms. The van der Waals surface area contributed by atoms with Crippen molar-refractivity contribution in [2.75, 3.05) is 17.7 Å². The minimum absolute atomic E-state index is 0.212. The second-order valence-electron chi connectivity index (χ2n) is 4.89. The molecular formula is C12H18N6. The Bertz CT molecular complexity index is 551. The lowest BCUT2D eigenvalue weighted by atomic mass is 9.75. The summed E-state index contributed by atoms with van der Waals surface area (Å²) in [6, 6.07) is 0. The van der Waals surface area contributed by atoms with Gasteiger partial charge in [-0.25, -0.2) is 0 Å². The largest absolute Gasteiger partial charge is 0.364 e. The van der Waals surface area contributed by atoms with E-state index >= 15 is 0 Å². The second kappa shape index (κ2) is 4.12. The van der Waals surface area contributed by atoms with Crippen LogP contribution in [0, 0.1) is 0 Å². The Kier molecular flexibility index (Phi) is 2.57. The summed E-state index contributed by atoms with van der Waals surface area (Å²) < 4.78 is 0. The van der Waals surface area contributed by atoms with Crippen molar-refractivity contribution in [3.05, 3.63) is 6.20 Å². The van der Waals surface area contributed by atoms with E-state index in [0.29, 0.717) is 5.95 Å². The van der Waals surface area contributed by atoms with Crippen molar-refractivity contribution in [1.82, 2.24) is 20.2 Å². The molecule has 6 heteroatoms. The molecule has 18 heavy (non-hydrogen) atoms. The monoisotopic (exact) mass is 246 g/mol. The number of hydrogen-bond donors (Lipinski definition) is 3. The zero-order chi connectivity index (χ0) is 12.6. The molecule has 1 aliphatic rings. The highest BCUT2D eigenvalue weighted by Crippen LogP contribution is 2.38. The molecule has 2 aromatic heterocycles. The van der Waals surface area contributed by atoms with Gasteiger partial charge in [0.2, 0.25) is 5.95 Å². The number of nitrogens with zero attached hydrogens (tertiary/aromatic N) is 3. The van der Waals surface area contributed by atoms with Gasteiger partial charge in [-0.2, -0.15) is 15.1 Å². The molecule has 0 aliphatic heterocycles. The van der Waals surface area contributed by atoms with Crippen LogP contribution in [-0.4, -0.2) is 32.8 Å². The van der Waals surface area contributed by atoms with Crippen molar-refractivity contribution in [3.63, 3.8) is 0 Å². The third kappa shape index (κ3) is 1.68. The van der Waals surface area contributed by atoms with Crippen LogP contribution in [0.4, 0.5) is 11.8 Å². The standard InChI is InChI=1S/C12H18N6/c1-3-12(5-4-6-12)17-9-8-7-14-18-10(8)16-11(13-2)15-9/h7H,3-6H2,1-2H3,(H3,13,14,15,16,17,18). The molecule has 2 heterocycles. The van der Waals surface area contributed by atoms with Crippen LogP contribution in [0.1, 0.15) is 32.6 Å². The van der Waals surface area contributed by atoms with Crippen molar-refractivity contribution in [3.8, 4) is 0 Å². The Morgan fingerprint density at radius 1 is 1.39 bits per heavy atom. The van der Waals surface area contributed by atoms with Crippen LogP contribution in [0.2, 0.25) is 0 Å². The highest BCUT2D eigenvalue weighted by Gasteiger charge is 2.35. The Morgan fingerprint density at radius 3 is 2.83 bits per heavy atom. The predicted molar refractivity (Wildman–Crippen MR) is 71.7 cm³/mol. The fourth-order valence-corrected chi connectivity index (χ4v) is 2.46. The van der Waals surface area contributed by atoms with Gasteiger partial charge >= 0.3 is 0 Å². The predicted octanol–water partition coefficient (Wildman–Crippen LogP) is 2.14. The van der Waals surface area contributed by atoms with E-state index in [1.807, 2.05) is 7.05 Å². The maximum absolute atomic E-state index is 4.51. The normalized spacial score (nSPS) is 17.4. The van der Waals surface area contributed by atoms with E-state index in [2.05, 4.69) is 37.7 Å². The summed E-state index contributed by atoms with van der Waals surface area (Å²) >= 11 is 0. The molecule has 0 radical (unpaired) electrons. The smallest absolute Gasteiger partial charge is 0.226 e. The Balaban J connectivity index is 2.01. The average Bonchev–Trinajstić information content (AvgIpc) is 2.81. The average molecular weight is 246 g/mol. The van der Waals surface area contributed by atoms with Gasteiger partial charge in [0.1, 0.15) is 5.82 Å². The van der Waals surface area contributed by atoms with E-state index in [4.69, 9.17) is 0 Å². The van der Waals surface area contributed by atoms with Crippen LogP contribution in [-0.2, 0) is 0 Å². The summed E-state index contributed by atoms with van der Waals surface area (Å²) in [5.41, 5.74) is 0.978. The first-order valence-corrected chi connectivity index (χ1v) is 6.43. The van der Waals surface area contributed by atoms with Gasteiger partial charge in [0.15, 0.2) is 5.65 Å². The molecule has 0 bridgehead atoms. The lowest BCUT2D eigenvalue weighted by Gasteiger charge is -2.42. The van der Waals surface area contributed by atoms with Gasteiger partial charge in [0, 0.05) is 12.6 Å². The zero-order valence-electron chi connectivity index (χ0n) is 10.7. The number of anilines is 2. The number of aromatic amines is 1. The topological polar surface area (TPSA) is 78.5 Å². The molecule has 0 saturated heterocycles. The maximum atomic E-state index is 4.51. The zero-order valence-corrected chi connectivity index (χ0v) is 10.7. The molecule has 1 fully saturated rings. The Morgan fingerprint density at radius 2 is 2.22 bits per heavy atom. The first-order chi connectivity index (χ1) is 8.76. The molecule has 3 N–H and O–H groups in total. The van der Waals surface area contributed by atoms with Gasteiger partial charge < -0.3 is 10.6 Å².